The number of amides is 2. The maximum atomic E-state index is 13.3. The quantitative estimate of drug-likeness (QED) is 0.337. The SMILES string of the molecule is C=C/C=C(Nc1ncc(C(=O)NC2(C)CC2)cc1NC(=O)c1csc2ccccc12)\C(C)=C/C. The number of anilines is 2. The van der Waals surface area contributed by atoms with Crippen molar-refractivity contribution in [3.05, 3.63) is 89.1 Å². The molecule has 1 aliphatic carbocycles. The molecule has 1 aliphatic rings. The molecule has 34 heavy (non-hydrogen) atoms. The van der Waals surface area contributed by atoms with E-state index >= 15 is 0 Å². The fraction of sp³-hybridized carbons (Fsp3) is 0.222. The molecule has 7 heteroatoms. The summed E-state index contributed by atoms with van der Waals surface area (Å²) in [4.78, 5) is 30.6. The molecule has 1 saturated carbocycles. The molecule has 2 amide bonds. The molecule has 0 unspecified atom stereocenters. The number of carbonyl (C=O) groups is 2. The standard InChI is InChI=1S/C27H28N4O2S/c1-5-9-21(17(3)6-2)29-24-22(14-18(15-28-24)25(32)31-27(4)12-13-27)30-26(33)20-16-34-23-11-8-7-10-19(20)23/h5-11,14-16H,1,12-13H2,2-4H3,(H,28,29)(H,30,33)(H,31,32)/b17-6-,21-9+. The van der Waals surface area contributed by atoms with Crippen LogP contribution in [0.2, 0.25) is 0 Å². The average Bonchev–Trinajstić information content (AvgIpc) is 3.39. The lowest BCUT2D eigenvalue weighted by atomic mass is 10.1. The second kappa shape index (κ2) is 9.65. The Morgan fingerprint density at radius 1 is 1.18 bits per heavy atom. The van der Waals surface area contributed by atoms with Crippen molar-refractivity contribution in [2.45, 2.75) is 39.2 Å². The molecule has 0 atom stereocenters. The molecule has 0 saturated heterocycles. The Balaban J connectivity index is 1.69. The number of rotatable bonds is 8. The van der Waals surface area contributed by atoms with Gasteiger partial charge in [0.25, 0.3) is 11.8 Å². The van der Waals surface area contributed by atoms with E-state index in [4.69, 9.17) is 0 Å². The number of hydrogen-bond donors (Lipinski definition) is 3. The second-order valence-corrected chi connectivity index (χ2v) is 9.56. The van der Waals surface area contributed by atoms with Crippen LogP contribution in [0.1, 0.15) is 54.3 Å². The van der Waals surface area contributed by atoms with E-state index in [2.05, 4.69) is 27.5 Å². The Labute approximate surface area is 203 Å². The van der Waals surface area contributed by atoms with Gasteiger partial charge in [-0.05, 0) is 57.4 Å². The van der Waals surface area contributed by atoms with Crippen LogP contribution < -0.4 is 16.0 Å². The monoisotopic (exact) mass is 472 g/mol. The predicted octanol–water partition coefficient (Wildman–Crippen LogP) is 6.28. The highest BCUT2D eigenvalue weighted by Crippen LogP contribution is 2.35. The van der Waals surface area contributed by atoms with Crippen molar-refractivity contribution < 1.29 is 9.59 Å². The summed E-state index contributed by atoms with van der Waals surface area (Å²) in [5.74, 6) is -0.0237. The Morgan fingerprint density at radius 3 is 2.65 bits per heavy atom. The van der Waals surface area contributed by atoms with E-state index in [1.807, 2.05) is 62.6 Å². The van der Waals surface area contributed by atoms with Crippen LogP contribution in [0, 0.1) is 0 Å². The van der Waals surface area contributed by atoms with Gasteiger partial charge < -0.3 is 16.0 Å². The third-order valence-electron chi connectivity index (χ3n) is 5.93. The molecule has 1 aromatic carbocycles. The highest BCUT2D eigenvalue weighted by molar-refractivity contribution is 7.17. The highest BCUT2D eigenvalue weighted by atomic mass is 32.1. The van der Waals surface area contributed by atoms with Crippen LogP contribution in [0.3, 0.4) is 0 Å². The third-order valence-corrected chi connectivity index (χ3v) is 6.90. The maximum absolute atomic E-state index is 13.3. The van der Waals surface area contributed by atoms with Gasteiger partial charge in [0, 0.05) is 32.9 Å². The number of thiophene rings is 1. The normalized spacial score (nSPS) is 15.0. The minimum Gasteiger partial charge on any atom is -0.347 e. The van der Waals surface area contributed by atoms with Gasteiger partial charge in [0.2, 0.25) is 0 Å². The Hall–Kier alpha value is -3.71. The van der Waals surface area contributed by atoms with E-state index in [0.717, 1.165) is 34.2 Å². The fourth-order valence-corrected chi connectivity index (χ4v) is 4.40. The van der Waals surface area contributed by atoms with Crippen LogP contribution in [0.25, 0.3) is 10.1 Å². The van der Waals surface area contributed by atoms with Crippen molar-refractivity contribution in [2.24, 2.45) is 0 Å². The number of aromatic nitrogens is 1. The summed E-state index contributed by atoms with van der Waals surface area (Å²) in [5.41, 5.74) is 3.03. The molecule has 3 aromatic rings. The van der Waals surface area contributed by atoms with Crippen molar-refractivity contribution in [3.8, 4) is 0 Å². The lowest BCUT2D eigenvalue weighted by molar-refractivity contribution is 0.0934. The minimum atomic E-state index is -0.258. The van der Waals surface area contributed by atoms with Gasteiger partial charge in [-0.15, -0.1) is 11.3 Å². The van der Waals surface area contributed by atoms with Gasteiger partial charge in [-0.25, -0.2) is 4.98 Å². The van der Waals surface area contributed by atoms with Crippen LogP contribution in [0.15, 0.2) is 78.0 Å². The topological polar surface area (TPSA) is 83.1 Å². The van der Waals surface area contributed by atoms with Gasteiger partial charge in [0.15, 0.2) is 5.82 Å². The third kappa shape index (κ3) is 5.10. The molecule has 1 fully saturated rings. The summed E-state index contributed by atoms with van der Waals surface area (Å²) in [6, 6.07) is 9.45. The lowest BCUT2D eigenvalue weighted by Crippen LogP contribution is -2.34. The number of hydrogen-bond acceptors (Lipinski definition) is 5. The maximum Gasteiger partial charge on any atom is 0.257 e. The van der Waals surface area contributed by atoms with Gasteiger partial charge in [-0.3, -0.25) is 9.59 Å². The van der Waals surface area contributed by atoms with Gasteiger partial charge >= 0.3 is 0 Å². The first-order valence-corrected chi connectivity index (χ1v) is 12.0. The molecule has 4 rings (SSSR count). The number of allylic oxidation sites excluding steroid dienone is 4. The van der Waals surface area contributed by atoms with E-state index < -0.39 is 0 Å². The zero-order valence-corrected chi connectivity index (χ0v) is 20.4. The van der Waals surface area contributed by atoms with E-state index in [-0.39, 0.29) is 17.4 Å². The van der Waals surface area contributed by atoms with Gasteiger partial charge in [0.1, 0.15) is 0 Å². The lowest BCUT2D eigenvalue weighted by Gasteiger charge is -2.17. The Morgan fingerprint density at radius 2 is 1.94 bits per heavy atom. The molecule has 2 aromatic heterocycles. The van der Waals surface area contributed by atoms with E-state index in [1.165, 1.54) is 17.5 Å². The molecular formula is C27H28N4O2S. The molecule has 0 aliphatic heterocycles. The zero-order valence-electron chi connectivity index (χ0n) is 19.6. The zero-order chi connectivity index (χ0) is 24.3. The first kappa shape index (κ1) is 23.4. The number of nitrogens with one attached hydrogen (secondary N) is 3. The summed E-state index contributed by atoms with van der Waals surface area (Å²) in [6.07, 6.45) is 8.93. The van der Waals surface area contributed by atoms with Crippen molar-refractivity contribution in [1.29, 1.82) is 0 Å². The van der Waals surface area contributed by atoms with Crippen LogP contribution in [-0.4, -0.2) is 22.3 Å². The largest absolute Gasteiger partial charge is 0.347 e. The molecule has 0 spiro atoms. The number of nitrogens with zero attached hydrogens (tertiary/aromatic N) is 1. The van der Waals surface area contributed by atoms with Crippen LogP contribution in [-0.2, 0) is 0 Å². The molecular weight excluding hydrogens is 444 g/mol. The van der Waals surface area contributed by atoms with E-state index in [0.29, 0.717) is 22.6 Å². The molecule has 2 heterocycles. The number of benzene rings is 1. The molecule has 0 radical (unpaired) electrons. The smallest absolute Gasteiger partial charge is 0.257 e. The second-order valence-electron chi connectivity index (χ2n) is 8.65. The summed E-state index contributed by atoms with van der Waals surface area (Å²) >= 11 is 1.52. The first-order chi connectivity index (χ1) is 16.3. The summed E-state index contributed by atoms with van der Waals surface area (Å²) in [7, 11) is 0. The Kier molecular flexibility index (Phi) is 6.65. The van der Waals surface area contributed by atoms with Crippen LogP contribution in [0.5, 0.6) is 0 Å². The summed E-state index contributed by atoms with van der Waals surface area (Å²) in [6.45, 7) is 9.71. The molecule has 6 nitrogen and oxygen atoms in total. The summed E-state index contributed by atoms with van der Waals surface area (Å²) < 4.78 is 1.04. The molecule has 3 N–H and O–H groups in total. The first-order valence-electron chi connectivity index (χ1n) is 11.2. The predicted molar refractivity (Wildman–Crippen MR) is 140 cm³/mol. The van der Waals surface area contributed by atoms with Crippen molar-refractivity contribution >= 4 is 44.7 Å². The fourth-order valence-electron chi connectivity index (χ4n) is 3.46. The molecule has 174 valence electrons. The summed E-state index contributed by atoms with van der Waals surface area (Å²) in [5, 5.41) is 12.0. The van der Waals surface area contributed by atoms with Crippen LogP contribution in [0.4, 0.5) is 11.5 Å². The van der Waals surface area contributed by atoms with Crippen LogP contribution >= 0.6 is 11.3 Å². The minimum absolute atomic E-state index is 0.157. The number of pyridine rings is 1. The molecule has 0 bridgehead atoms. The Bertz CT molecular complexity index is 1330. The van der Waals surface area contributed by atoms with Crippen molar-refractivity contribution in [2.75, 3.05) is 10.6 Å². The number of fused-ring (bicyclic) bond motifs is 1. The van der Waals surface area contributed by atoms with E-state index in [9.17, 15) is 9.59 Å². The highest BCUT2D eigenvalue weighted by Gasteiger charge is 2.39. The van der Waals surface area contributed by atoms with Gasteiger partial charge in [0.05, 0.1) is 16.8 Å². The van der Waals surface area contributed by atoms with Crippen molar-refractivity contribution in [3.63, 3.8) is 0 Å². The van der Waals surface area contributed by atoms with Gasteiger partial charge in [-0.1, -0.05) is 36.9 Å². The number of carbonyl (C=O) groups excluding carboxylic acids is 2. The van der Waals surface area contributed by atoms with E-state index in [1.54, 1.807) is 12.1 Å². The average molecular weight is 473 g/mol. The van der Waals surface area contributed by atoms with Crippen molar-refractivity contribution in [1.82, 2.24) is 10.3 Å². The van der Waals surface area contributed by atoms with Gasteiger partial charge in [-0.2, -0.15) is 0 Å².